The second-order valence-corrected chi connectivity index (χ2v) is 5.08. The number of aryl methyl sites for hydroxylation is 1. The zero-order valence-corrected chi connectivity index (χ0v) is 10.6. The highest BCUT2D eigenvalue weighted by Gasteiger charge is 2.23. The van der Waals surface area contributed by atoms with Gasteiger partial charge in [0, 0.05) is 18.8 Å². The molecule has 2 atom stereocenters. The van der Waals surface area contributed by atoms with Crippen LogP contribution in [-0.2, 0) is 6.54 Å². The third kappa shape index (κ3) is 2.85. The van der Waals surface area contributed by atoms with Crippen LogP contribution in [0.2, 0.25) is 0 Å². The van der Waals surface area contributed by atoms with Crippen molar-refractivity contribution in [2.45, 2.75) is 52.1 Å². The Kier molecular flexibility index (Phi) is 3.64. The van der Waals surface area contributed by atoms with Gasteiger partial charge in [0.2, 0.25) is 0 Å². The van der Waals surface area contributed by atoms with Crippen LogP contribution in [0.15, 0.2) is 12.4 Å². The molecule has 0 spiro atoms. The van der Waals surface area contributed by atoms with E-state index in [9.17, 15) is 0 Å². The molecular formula is C13H23N3. The van der Waals surface area contributed by atoms with Crippen LogP contribution >= 0.6 is 0 Å². The molecule has 1 fully saturated rings. The summed E-state index contributed by atoms with van der Waals surface area (Å²) in [6.07, 6.45) is 6.93. The Morgan fingerprint density at radius 3 is 2.81 bits per heavy atom. The van der Waals surface area contributed by atoms with Gasteiger partial charge in [0.1, 0.15) is 0 Å². The predicted molar refractivity (Wildman–Crippen MR) is 66.5 cm³/mol. The van der Waals surface area contributed by atoms with Crippen molar-refractivity contribution in [2.75, 3.05) is 6.54 Å². The van der Waals surface area contributed by atoms with Gasteiger partial charge < -0.3 is 5.32 Å². The lowest BCUT2D eigenvalue weighted by Gasteiger charge is -2.19. The highest BCUT2D eigenvalue weighted by atomic mass is 15.3. The summed E-state index contributed by atoms with van der Waals surface area (Å²) in [6.45, 7) is 8.84. The summed E-state index contributed by atoms with van der Waals surface area (Å²) in [5.74, 6) is 1.27. The SMILES string of the molecule is CCn1cc(C(C)C(C)CNC2CC2)cn1. The van der Waals surface area contributed by atoms with Gasteiger partial charge in [0.25, 0.3) is 0 Å². The largest absolute Gasteiger partial charge is 0.314 e. The van der Waals surface area contributed by atoms with E-state index >= 15 is 0 Å². The molecule has 0 amide bonds. The van der Waals surface area contributed by atoms with Gasteiger partial charge in [-0.2, -0.15) is 5.10 Å². The van der Waals surface area contributed by atoms with Crippen LogP contribution in [0.4, 0.5) is 0 Å². The summed E-state index contributed by atoms with van der Waals surface area (Å²) >= 11 is 0. The molecule has 3 heteroatoms. The number of hydrogen-bond acceptors (Lipinski definition) is 2. The molecule has 2 unspecified atom stereocenters. The van der Waals surface area contributed by atoms with Gasteiger partial charge in [-0.05, 0) is 43.7 Å². The van der Waals surface area contributed by atoms with E-state index in [2.05, 4.69) is 37.4 Å². The summed E-state index contributed by atoms with van der Waals surface area (Å²) < 4.78 is 2.01. The van der Waals surface area contributed by atoms with E-state index in [1.165, 1.54) is 18.4 Å². The third-order valence-electron chi connectivity index (χ3n) is 3.66. The average Bonchev–Trinajstić information content (AvgIpc) is 3.00. The van der Waals surface area contributed by atoms with Crippen LogP contribution in [0, 0.1) is 5.92 Å². The number of hydrogen-bond donors (Lipinski definition) is 1. The minimum Gasteiger partial charge on any atom is -0.314 e. The van der Waals surface area contributed by atoms with Gasteiger partial charge in [0.15, 0.2) is 0 Å². The van der Waals surface area contributed by atoms with Gasteiger partial charge in [-0.3, -0.25) is 4.68 Å². The van der Waals surface area contributed by atoms with Crippen molar-refractivity contribution < 1.29 is 0 Å². The van der Waals surface area contributed by atoms with E-state index in [1.807, 2.05) is 10.9 Å². The van der Waals surface area contributed by atoms with Crippen molar-refractivity contribution in [3.8, 4) is 0 Å². The van der Waals surface area contributed by atoms with Gasteiger partial charge in [-0.15, -0.1) is 0 Å². The number of nitrogens with zero attached hydrogens (tertiary/aromatic N) is 2. The molecule has 2 rings (SSSR count). The van der Waals surface area contributed by atoms with Gasteiger partial charge in [-0.25, -0.2) is 0 Å². The Morgan fingerprint density at radius 1 is 1.50 bits per heavy atom. The molecule has 0 bridgehead atoms. The van der Waals surface area contributed by atoms with E-state index in [-0.39, 0.29) is 0 Å². The molecule has 0 aliphatic heterocycles. The Labute approximate surface area is 98.2 Å². The molecule has 16 heavy (non-hydrogen) atoms. The van der Waals surface area contributed by atoms with Crippen LogP contribution in [-0.4, -0.2) is 22.4 Å². The minimum absolute atomic E-state index is 0.589. The molecule has 1 N–H and O–H groups in total. The maximum absolute atomic E-state index is 4.34. The molecular weight excluding hydrogens is 198 g/mol. The molecule has 1 aliphatic carbocycles. The molecule has 3 nitrogen and oxygen atoms in total. The van der Waals surface area contributed by atoms with Crippen LogP contribution in [0.1, 0.15) is 45.1 Å². The second kappa shape index (κ2) is 5.00. The highest BCUT2D eigenvalue weighted by Crippen LogP contribution is 2.25. The Bertz CT molecular complexity index is 328. The number of aromatic nitrogens is 2. The van der Waals surface area contributed by atoms with E-state index in [1.54, 1.807) is 0 Å². The lowest BCUT2D eigenvalue weighted by molar-refractivity contribution is 0.446. The molecule has 1 aromatic heterocycles. The molecule has 0 radical (unpaired) electrons. The highest BCUT2D eigenvalue weighted by molar-refractivity contribution is 5.11. The van der Waals surface area contributed by atoms with Crippen molar-refractivity contribution in [1.29, 1.82) is 0 Å². The van der Waals surface area contributed by atoms with E-state index in [0.717, 1.165) is 19.1 Å². The molecule has 0 aromatic carbocycles. The summed E-state index contributed by atoms with van der Waals surface area (Å²) in [5.41, 5.74) is 1.37. The zero-order valence-electron chi connectivity index (χ0n) is 10.6. The Morgan fingerprint density at radius 2 is 2.25 bits per heavy atom. The Balaban J connectivity index is 1.86. The zero-order chi connectivity index (χ0) is 11.5. The summed E-state index contributed by atoms with van der Waals surface area (Å²) in [7, 11) is 0. The van der Waals surface area contributed by atoms with E-state index in [4.69, 9.17) is 0 Å². The molecule has 0 saturated heterocycles. The first-order valence-corrected chi connectivity index (χ1v) is 6.46. The fourth-order valence-corrected chi connectivity index (χ4v) is 1.93. The topological polar surface area (TPSA) is 29.9 Å². The normalized spacial score (nSPS) is 19.7. The minimum atomic E-state index is 0.589. The standard InChI is InChI=1S/C13H23N3/c1-4-16-9-12(8-15-16)11(3)10(2)7-14-13-5-6-13/h8-11,13-14H,4-7H2,1-3H3. The van der Waals surface area contributed by atoms with Crippen LogP contribution in [0.3, 0.4) is 0 Å². The molecule has 1 saturated carbocycles. The first kappa shape index (κ1) is 11.6. The quantitative estimate of drug-likeness (QED) is 0.799. The van der Waals surface area contributed by atoms with Crippen molar-refractivity contribution >= 4 is 0 Å². The van der Waals surface area contributed by atoms with E-state index < -0.39 is 0 Å². The van der Waals surface area contributed by atoms with Crippen molar-refractivity contribution in [2.24, 2.45) is 5.92 Å². The van der Waals surface area contributed by atoms with Crippen molar-refractivity contribution in [3.05, 3.63) is 18.0 Å². The van der Waals surface area contributed by atoms with Gasteiger partial charge in [0.05, 0.1) is 6.20 Å². The summed E-state index contributed by atoms with van der Waals surface area (Å²) in [5, 5.41) is 7.94. The lowest BCUT2D eigenvalue weighted by Crippen LogP contribution is -2.25. The maximum Gasteiger partial charge on any atom is 0.0524 e. The fraction of sp³-hybridized carbons (Fsp3) is 0.769. The Hall–Kier alpha value is -0.830. The predicted octanol–water partition coefficient (Wildman–Crippen LogP) is 2.39. The van der Waals surface area contributed by atoms with Gasteiger partial charge >= 0.3 is 0 Å². The fourth-order valence-electron chi connectivity index (χ4n) is 1.93. The van der Waals surface area contributed by atoms with Crippen LogP contribution in [0.25, 0.3) is 0 Å². The average molecular weight is 221 g/mol. The monoisotopic (exact) mass is 221 g/mol. The van der Waals surface area contributed by atoms with E-state index in [0.29, 0.717) is 11.8 Å². The van der Waals surface area contributed by atoms with Crippen molar-refractivity contribution in [1.82, 2.24) is 15.1 Å². The molecule has 90 valence electrons. The smallest absolute Gasteiger partial charge is 0.0524 e. The molecule has 1 aromatic rings. The lowest BCUT2D eigenvalue weighted by atomic mass is 9.91. The number of nitrogens with one attached hydrogen (secondary N) is 1. The number of rotatable bonds is 6. The van der Waals surface area contributed by atoms with Gasteiger partial charge in [-0.1, -0.05) is 13.8 Å². The first-order valence-electron chi connectivity index (χ1n) is 6.46. The van der Waals surface area contributed by atoms with Crippen LogP contribution in [0.5, 0.6) is 0 Å². The third-order valence-corrected chi connectivity index (χ3v) is 3.66. The molecule has 1 heterocycles. The summed E-state index contributed by atoms with van der Waals surface area (Å²) in [4.78, 5) is 0. The van der Waals surface area contributed by atoms with Crippen molar-refractivity contribution in [3.63, 3.8) is 0 Å². The van der Waals surface area contributed by atoms with Crippen LogP contribution < -0.4 is 5.32 Å². The molecule has 1 aliphatic rings. The second-order valence-electron chi connectivity index (χ2n) is 5.08. The summed E-state index contributed by atoms with van der Waals surface area (Å²) in [6, 6.07) is 0.813. The first-order chi connectivity index (χ1) is 7.70. The maximum atomic E-state index is 4.34.